The van der Waals surface area contributed by atoms with E-state index in [-0.39, 0.29) is 0 Å². The second kappa shape index (κ2) is 8.21. The van der Waals surface area contributed by atoms with Gasteiger partial charge in [0.25, 0.3) is 0 Å². The van der Waals surface area contributed by atoms with Crippen LogP contribution < -0.4 is 0 Å². The van der Waals surface area contributed by atoms with Gasteiger partial charge in [-0.3, -0.25) is 9.13 Å². The Morgan fingerprint density at radius 3 is 1.84 bits per heavy atom. The first-order valence-corrected chi connectivity index (χ1v) is 12.8. The van der Waals surface area contributed by atoms with E-state index in [1.165, 1.54) is 27.4 Å². The van der Waals surface area contributed by atoms with Gasteiger partial charge in [-0.25, -0.2) is 19.9 Å². The third-order valence-electron chi connectivity index (χ3n) is 7.35. The smallest absolute Gasteiger partial charge is 0.201 e. The molecule has 8 rings (SSSR count). The van der Waals surface area contributed by atoms with Gasteiger partial charge in [-0.05, 0) is 37.1 Å². The van der Waals surface area contributed by atoms with E-state index >= 15 is 0 Å². The lowest BCUT2D eigenvalue weighted by Gasteiger charge is -2.15. The molecule has 0 amide bonds. The van der Waals surface area contributed by atoms with E-state index < -0.39 is 0 Å². The van der Waals surface area contributed by atoms with Crippen LogP contribution >= 0.6 is 0 Å². The second-order valence-corrected chi connectivity index (χ2v) is 9.50. The molecule has 1 aliphatic rings. The van der Waals surface area contributed by atoms with Gasteiger partial charge in [-0.2, -0.15) is 0 Å². The summed E-state index contributed by atoms with van der Waals surface area (Å²) in [5.74, 6) is 2.60. The van der Waals surface area contributed by atoms with Crippen LogP contribution in [0.1, 0.15) is 17.7 Å². The van der Waals surface area contributed by atoms with Crippen LogP contribution in [-0.4, -0.2) is 29.1 Å². The highest BCUT2D eigenvalue weighted by Gasteiger charge is 2.22. The number of nitrogens with zero attached hydrogens (tertiary/aromatic N) is 6. The third kappa shape index (κ3) is 3.07. The normalized spacial score (nSPS) is 12.9. The molecule has 3 aromatic carbocycles. The average molecular weight is 491 g/mol. The van der Waals surface area contributed by atoms with Crippen molar-refractivity contribution in [2.24, 2.45) is 0 Å². The van der Waals surface area contributed by atoms with Crippen LogP contribution in [0.15, 0.2) is 103 Å². The molecule has 0 radical (unpaired) electrons. The van der Waals surface area contributed by atoms with Crippen LogP contribution in [-0.2, 0) is 6.42 Å². The average Bonchev–Trinajstić information content (AvgIpc) is 3.51. The summed E-state index contributed by atoms with van der Waals surface area (Å²) in [6, 6.07) is 29.4. The predicted octanol–water partition coefficient (Wildman–Crippen LogP) is 6.93. The van der Waals surface area contributed by atoms with Gasteiger partial charge in [0, 0.05) is 45.9 Å². The van der Waals surface area contributed by atoms with E-state index in [1.54, 1.807) is 12.4 Å². The Kier molecular flexibility index (Phi) is 4.54. The lowest BCUT2D eigenvalue weighted by atomic mass is 10.0. The lowest BCUT2D eigenvalue weighted by Crippen LogP contribution is -2.10. The Morgan fingerprint density at radius 1 is 0.579 bits per heavy atom. The molecule has 4 aromatic heterocycles. The van der Waals surface area contributed by atoms with Crippen LogP contribution in [0.4, 0.5) is 0 Å². The molecular weight excluding hydrogens is 468 g/mol. The first-order chi connectivity index (χ1) is 18.9. The van der Waals surface area contributed by atoms with Crippen molar-refractivity contribution in [3.8, 4) is 23.3 Å². The summed E-state index contributed by atoms with van der Waals surface area (Å²) in [6.07, 6.45) is 9.92. The Morgan fingerprint density at radius 2 is 1.16 bits per heavy atom. The van der Waals surface area contributed by atoms with Crippen molar-refractivity contribution in [2.75, 3.05) is 0 Å². The molecule has 0 atom stereocenters. The van der Waals surface area contributed by atoms with Crippen LogP contribution in [0.3, 0.4) is 0 Å². The molecule has 0 N–H and O–H groups in total. The molecule has 0 saturated heterocycles. The van der Waals surface area contributed by atoms with Crippen LogP contribution in [0, 0.1) is 0 Å². The number of fused-ring (bicyclic) bond motifs is 6. The monoisotopic (exact) mass is 490 g/mol. The zero-order valence-electron chi connectivity index (χ0n) is 20.5. The summed E-state index contributed by atoms with van der Waals surface area (Å²) in [6.45, 7) is 0. The highest BCUT2D eigenvalue weighted by molar-refractivity contribution is 6.09. The first-order valence-electron chi connectivity index (χ1n) is 12.8. The fourth-order valence-electron chi connectivity index (χ4n) is 5.77. The maximum Gasteiger partial charge on any atom is 0.201 e. The van der Waals surface area contributed by atoms with Gasteiger partial charge in [-0.1, -0.05) is 66.7 Å². The van der Waals surface area contributed by atoms with E-state index in [0.29, 0.717) is 11.6 Å². The minimum absolute atomic E-state index is 0.498. The van der Waals surface area contributed by atoms with Crippen molar-refractivity contribution in [2.45, 2.75) is 12.8 Å². The van der Waals surface area contributed by atoms with Crippen molar-refractivity contribution in [1.29, 1.82) is 0 Å². The lowest BCUT2D eigenvalue weighted by molar-refractivity contribution is 0.861. The molecule has 6 nitrogen and oxygen atoms in total. The quantitative estimate of drug-likeness (QED) is 0.269. The van der Waals surface area contributed by atoms with E-state index in [4.69, 9.17) is 9.97 Å². The molecule has 38 heavy (non-hydrogen) atoms. The van der Waals surface area contributed by atoms with Crippen molar-refractivity contribution in [3.05, 3.63) is 115 Å². The summed E-state index contributed by atoms with van der Waals surface area (Å²) < 4.78 is 4.51. The van der Waals surface area contributed by atoms with E-state index in [1.807, 2.05) is 6.07 Å². The molecular formula is C32H22N6. The van der Waals surface area contributed by atoms with E-state index in [9.17, 15) is 0 Å². The summed E-state index contributed by atoms with van der Waals surface area (Å²) in [5, 5.41) is 3.61. The summed E-state index contributed by atoms with van der Waals surface area (Å²) >= 11 is 0. The molecule has 1 aliphatic carbocycles. The second-order valence-electron chi connectivity index (χ2n) is 9.50. The van der Waals surface area contributed by atoms with Crippen molar-refractivity contribution < 1.29 is 0 Å². The number of allylic oxidation sites excluding steroid dienone is 1. The van der Waals surface area contributed by atoms with E-state index in [0.717, 1.165) is 41.0 Å². The fraction of sp³-hybridized carbons (Fsp3) is 0.0625. The van der Waals surface area contributed by atoms with Gasteiger partial charge < -0.3 is 0 Å². The van der Waals surface area contributed by atoms with Crippen molar-refractivity contribution in [1.82, 2.24) is 29.1 Å². The number of hydrogen-bond acceptors (Lipinski definition) is 4. The standard InChI is InChI=1S/C32H22N6/c1-5-14-25-21(10-1)22-11-2-6-15-26(22)37(25)29-20-30(36-32(35-29)31-33-18-9-19-34-31)38-27-16-7-3-12-23(27)24-13-4-8-17-28(24)38/h1-7,9-16,18-20H,8,17H2. The third-order valence-corrected chi connectivity index (χ3v) is 7.35. The molecule has 0 saturated carbocycles. The Labute approximate surface area is 218 Å². The van der Waals surface area contributed by atoms with Crippen molar-refractivity contribution in [3.63, 3.8) is 0 Å². The number of rotatable bonds is 3. The predicted molar refractivity (Wildman–Crippen MR) is 152 cm³/mol. The minimum atomic E-state index is 0.498. The topological polar surface area (TPSA) is 61.4 Å². The molecule has 0 spiro atoms. The number of para-hydroxylation sites is 3. The van der Waals surface area contributed by atoms with Crippen molar-refractivity contribution >= 4 is 38.8 Å². The number of aromatic nitrogens is 6. The first kappa shape index (κ1) is 21.0. The van der Waals surface area contributed by atoms with Gasteiger partial charge in [0.1, 0.15) is 11.6 Å². The summed E-state index contributed by atoms with van der Waals surface area (Å²) in [7, 11) is 0. The molecule has 6 heteroatoms. The minimum Gasteiger partial charge on any atom is -0.297 e. The maximum absolute atomic E-state index is 5.06. The van der Waals surface area contributed by atoms with Gasteiger partial charge in [0.2, 0.25) is 5.82 Å². The largest absolute Gasteiger partial charge is 0.297 e. The molecule has 4 heterocycles. The number of benzene rings is 3. The van der Waals surface area contributed by atoms with Crippen LogP contribution in [0.25, 0.3) is 62.1 Å². The molecule has 7 aromatic rings. The molecule has 180 valence electrons. The highest BCUT2D eigenvalue weighted by Crippen LogP contribution is 2.36. The van der Waals surface area contributed by atoms with Gasteiger partial charge in [0.05, 0.1) is 16.6 Å². The fourth-order valence-corrected chi connectivity index (χ4v) is 5.77. The molecule has 0 fully saturated rings. The summed E-state index contributed by atoms with van der Waals surface area (Å²) in [5.41, 5.74) is 5.86. The number of hydrogen-bond donors (Lipinski definition) is 0. The molecule has 0 aliphatic heterocycles. The van der Waals surface area contributed by atoms with Crippen LogP contribution in [0.2, 0.25) is 0 Å². The Hall–Kier alpha value is -5.10. The summed E-state index contributed by atoms with van der Waals surface area (Å²) in [4.78, 5) is 19.1. The van der Waals surface area contributed by atoms with Gasteiger partial charge in [-0.15, -0.1) is 0 Å². The molecule has 0 bridgehead atoms. The molecule has 0 unspecified atom stereocenters. The van der Waals surface area contributed by atoms with Gasteiger partial charge in [0.15, 0.2) is 5.82 Å². The van der Waals surface area contributed by atoms with Gasteiger partial charge >= 0.3 is 0 Å². The zero-order chi connectivity index (χ0) is 25.1. The maximum atomic E-state index is 5.06. The Balaban J connectivity index is 1.49. The highest BCUT2D eigenvalue weighted by atomic mass is 15.2. The van der Waals surface area contributed by atoms with Crippen LogP contribution in [0.5, 0.6) is 0 Å². The SMILES string of the molecule is C1=Cc2c(n(-c3cc(-n4c5ccccc5c5ccccc54)nc(-c4ncccn4)n3)c3ccccc23)CC1. The Bertz CT molecular complexity index is 1980. The zero-order valence-corrected chi connectivity index (χ0v) is 20.5. The van der Waals surface area contributed by atoms with E-state index in [2.05, 4.69) is 110 Å².